The molecular weight excluding hydrogens is 330 g/mol. The Kier molecular flexibility index (Phi) is 3.95. The molecule has 0 aliphatic heterocycles. The Morgan fingerprint density at radius 1 is 1.15 bits per heavy atom. The zero-order valence-electron chi connectivity index (χ0n) is 13.6. The largest absolute Gasteiger partial charge is 0.478 e. The Bertz CT molecular complexity index is 1100. The van der Waals surface area contributed by atoms with Gasteiger partial charge in [0.2, 0.25) is 0 Å². The summed E-state index contributed by atoms with van der Waals surface area (Å²) in [6.45, 7) is 0. The van der Waals surface area contributed by atoms with E-state index in [9.17, 15) is 9.90 Å². The van der Waals surface area contributed by atoms with Gasteiger partial charge in [-0.3, -0.25) is 5.10 Å². The number of para-hydroxylation sites is 1. The molecule has 4 aromatic rings. The average Bonchev–Trinajstić information content (AvgIpc) is 3.29. The number of nitrogens with zero attached hydrogens (tertiary/aromatic N) is 3. The van der Waals surface area contributed by atoms with Crippen molar-refractivity contribution in [1.82, 2.24) is 14.9 Å². The molecule has 0 saturated carbocycles. The Hall–Kier alpha value is -3.87. The highest BCUT2D eigenvalue weighted by Crippen LogP contribution is 2.24. The fourth-order valence-corrected chi connectivity index (χ4v) is 2.67. The van der Waals surface area contributed by atoms with Crippen molar-refractivity contribution in [2.45, 2.75) is 0 Å². The minimum Gasteiger partial charge on any atom is -0.478 e. The third-order valence-corrected chi connectivity index (χ3v) is 3.93. The molecule has 26 heavy (non-hydrogen) atoms. The summed E-state index contributed by atoms with van der Waals surface area (Å²) in [4.78, 5) is 11.3. The van der Waals surface area contributed by atoms with Crippen molar-refractivity contribution in [3.05, 3.63) is 78.2 Å². The van der Waals surface area contributed by atoms with E-state index in [4.69, 9.17) is 0 Å². The van der Waals surface area contributed by atoms with Crippen LogP contribution in [0, 0.1) is 0 Å². The van der Waals surface area contributed by atoms with E-state index in [1.54, 1.807) is 35.2 Å². The number of benzene rings is 2. The number of fused-ring (bicyclic) bond motifs is 1. The highest BCUT2D eigenvalue weighted by molar-refractivity contribution is 5.99. The van der Waals surface area contributed by atoms with Gasteiger partial charge in [-0.25, -0.2) is 9.47 Å². The van der Waals surface area contributed by atoms with Gasteiger partial charge in [0.25, 0.3) is 0 Å². The fourth-order valence-electron chi connectivity index (χ4n) is 2.67. The molecule has 0 radical (unpaired) electrons. The van der Waals surface area contributed by atoms with Crippen molar-refractivity contribution in [2.24, 2.45) is 5.10 Å². The Morgan fingerprint density at radius 3 is 2.77 bits per heavy atom. The van der Waals surface area contributed by atoms with E-state index >= 15 is 0 Å². The molecule has 0 spiro atoms. The van der Waals surface area contributed by atoms with Gasteiger partial charge < -0.3 is 10.4 Å². The number of hydrogen-bond acceptors (Lipinski definition) is 4. The highest BCUT2D eigenvalue weighted by atomic mass is 16.4. The number of aromatic nitrogens is 3. The molecule has 0 fully saturated rings. The van der Waals surface area contributed by atoms with E-state index in [0.29, 0.717) is 5.69 Å². The normalized spacial score (nSPS) is 11.2. The number of aromatic amines is 1. The second-order valence-electron chi connectivity index (χ2n) is 5.65. The summed E-state index contributed by atoms with van der Waals surface area (Å²) in [5.41, 5.74) is 3.06. The second kappa shape index (κ2) is 6.56. The molecule has 7 nitrogen and oxygen atoms in total. The molecule has 0 amide bonds. The van der Waals surface area contributed by atoms with Gasteiger partial charge in [0.05, 0.1) is 28.7 Å². The van der Waals surface area contributed by atoms with E-state index in [1.807, 2.05) is 42.7 Å². The van der Waals surface area contributed by atoms with Crippen LogP contribution in [0.2, 0.25) is 0 Å². The smallest absolute Gasteiger partial charge is 0.337 e. The number of carboxylic acid groups (broad SMARTS) is 1. The van der Waals surface area contributed by atoms with Crippen molar-refractivity contribution in [3.63, 3.8) is 0 Å². The molecule has 3 N–H and O–H groups in total. The highest BCUT2D eigenvalue weighted by Gasteiger charge is 2.10. The number of H-pyrrole nitrogens is 1. The molecule has 128 valence electrons. The number of hydrogen-bond donors (Lipinski definition) is 3. The van der Waals surface area contributed by atoms with E-state index in [0.717, 1.165) is 22.3 Å². The number of rotatable bonds is 5. The van der Waals surface area contributed by atoms with Crippen LogP contribution in [0.4, 0.5) is 11.4 Å². The van der Waals surface area contributed by atoms with Gasteiger partial charge in [0, 0.05) is 23.5 Å². The van der Waals surface area contributed by atoms with Crippen LogP contribution in [-0.4, -0.2) is 32.2 Å². The number of anilines is 2. The molecule has 7 heteroatoms. The summed E-state index contributed by atoms with van der Waals surface area (Å²) in [5.74, 6) is -0.975. The van der Waals surface area contributed by atoms with Gasteiger partial charge in [-0.05, 0) is 42.5 Å². The number of aromatic carboxylic acids is 1. The number of nitrogens with one attached hydrogen (secondary N) is 2. The fraction of sp³-hybridized carbons (Fsp3) is 0. The minimum absolute atomic E-state index is 0.217. The summed E-state index contributed by atoms with van der Waals surface area (Å²) in [5, 5.41) is 24.9. The summed E-state index contributed by atoms with van der Waals surface area (Å²) in [7, 11) is 0. The molecular formula is C19H15N5O2. The molecule has 0 unspecified atom stereocenters. The minimum atomic E-state index is -0.975. The Balaban J connectivity index is 1.62. The van der Waals surface area contributed by atoms with Crippen LogP contribution in [0.1, 0.15) is 16.1 Å². The first-order valence-corrected chi connectivity index (χ1v) is 7.95. The molecule has 4 rings (SSSR count). The molecule has 0 aliphatic rings. The van der Waals surface area contributed by atoms with Crippen LogP contribution in [0.25, 0.3) is 10.9 Å². The topological polar surface area (TPSA) is 95.3 Å². The molecule has 0 atom stereocenters. The lowest BCUT2D eigenvalue weighted by Gasteiger charge is -2.09. The maximum atomic E-state index is 11.3. The van der Waals surface area contributed by atoms with E-state index < -0.39 is 5.97 Å². The van der Waals surface area contributed by atoms with Crippen LogP contribution < -0.4 is 5.32 Å². The summed E-state index contributed by atoms with van der Waals surface area (Å²) in [6.07, 6.45) is 5.40. The van der Waals surface area contributed by atoms with Crippen molar-refractivity contribution < 1.29 is 9.90 Å². The zero-order chi connectivity index (χ0) is 17.9. The van der Waals surface area contributed by atoms with E-state index in [1.165, 1.54) is 0 Å². The van der Waals surface area contributed by atoms with Crippen molar-refractivity contribution in [1.29, 1.82) is 0 Å². The maximum absolute atomic E-state index is 11.3. The Labute approximate surface area is 148 Å². The van der Waals surface area contributed by atoms with Crippen LogP contribution >= 0.6 is 0 Å². The predicted molar refractivity (Wildman–Crippen MR) is 100 cm³/mol. The van der Waals surface area contributed by atoms with Gasteiger partial charge in [0.15, 0.2) is 0 Å². The van der Waals surface area contributed by atoms with Crippen LogP contribution in [0.15, 0.2) is 72.1 Å². The van der Waals surface area contributed by atoms with Crippen molar-refractivity contribution >= 4 is 34.5 Å². The van der Waals surface area contributed by atoms with Gasteiger partial charge in [-0.1, -0.05) is 12.1 Å². The number of carboxylic acids is 1. The van der Waals surface area contributed by atoms with Crippen LogP contribution in [0.3, 0.4) is 0 Å². The predicted octanol–water partition coefficient (Wildman–Crippen LogP) is 3.69. The first kappa shape index (κ1) is 15.6. The Morgan fingerprint density at radius 2 is 1.96 bits per heavy atom. The van der Waals surface area contributed by atoms with Crippen molar-refractivity contribution in [3.8, 4) is 0 Å². The SMILES string of the molecule is O=C(O)c1ccccc1Nc1ccc2c(/C=N/n3cccc3)[nH]nc2c1. The molecule has 0 saturated heterocycles. The monoisotopic (exact) mass is 345 g/mol. The standard InChI is InChI=1S/C19H15N5O2/c25-19(26)15-5-1-2-6-16(15)21-13-7-8-14-17(11-13)22-23-18(14)12-20-24-9-3-4-10-24/h1-12,21H,(H,22,23)(H,25,26)/b20-12+. The van der Waals surface area contributed by atoms with Gasteiger partial charge >= 0.3 is 5.97 Å². The molecule has 0 aliphatic carbocycles. The third kappa shape index (κ3) is 3.05. The first-order valence-electron chi connectivity index (χ1n) is 7.95. The third-order valence-electron chi connectivity index (χ3n) is 3.93. The van der Waals surface area contributed by atoms with Crippen LogP contribution in [0.5, 0.6) is 0 Å². The zero-order valence-corrected chi connectivity index (χ0v) is 13.6. The van der Waals surface area contributed by atoms with Gasteiger partial charge in [0.1, 0.15) is 0 Å². The summed E-state index contributed by atoms with van der Waals surface area (Å²) >= 11 is 0. The van der Waals surface area contributed by atoms with E-state index in [2.05, 4.69) is 20.6 Å². The lowest BCUT2D eigenvalue weighted by Crippen LogP contribution is -2.02. The second-order valence-corrected chi connectivity index (χ2v) is 5.65. The lowest BCUT2D eigenvalue weighted by molar-refractivity contribution is 0.0698. The summed E-state index contributed by atoms with van der Waals surface area (Å²) in [6, 6.07) is 16.2. The molecule has 2 aromatic heterocycles. The van der Waals surface area contributed by atoms with Gasteiger partial charge in [-0.15, -0.1) is 0 Å². The quantitative estimate of drug-likeness (QED) is 0.481. The van der Waals surface area contributed by atoms with Crippen LogP contribution in [-0.2, 0) is 0 Å². The molecule has 0 bridgehead atoms. The van der Waals surface area contributed by atoms with Crippen molar-refractivity contribution in [2.75, 3.05) is 5.32 Å². The van der Waals surface area contributed by atoms with Gasteiger partial charge in [-0.2, -0.15) is 10.2 Å². The summed E-state index contributed by atoms with van der Waals surface area (Å²) < 4.78 is 1.70. The molecule has 2 heterocycles. The number of carbonyl (C=O) groups is 1. The molecule has 2 aromatic carbocycles. The van der Waals surface area contributed by atoms with E-state index in [-0.39, 0.29) is 5.56 Å². The average molecular weight is 345 g/mol. The maximum Gasteiger partial charge on any atom is 0.337 e. The lowest BCUT2D eigenvalue weighted by atomic mass is 10.1. The first-order chi connectivity index (χ1) is 12.7.